The minimum Gasteiger partial charge on any atom is -0.393 e. The number of nitrogens with zero attached hydrogens (tertiary/aromatic N) is 4. The van der Waals surface area contributed by atoms with Crippen LogP contribution in [0.3, 0.4) is 0 Å². The number of nitrogens with one attached hydrogen (secondary N) is 2. The summed E-state index contributed by atoms with van der Waals surface area (Å²) in [6.45, 7) is 0.702. The number of rotatable bonds is 5. The van der Waals surface area contributed by atoms with Crippen LogP contribution in [0, 0.1) is 17.5 Å². The summed E-state index contributed by atoms with van der Waals surface area (Å²) < 4.78 is 88.9. The maximum atomic E-state index is 14.3. The van der Waals surface area contributed by atoms with Crippen molar-refractivity contribution in [1.29, 1.82) is 0 Å². The third-order valence-corrected chi connectivity index (χ3v) is 5.31. The maximum absolute atomic E-state index is 14.3. The van der Waals surface area contributed by atoms with Crippen molar-refractivity contribution in [2.75, 3.05) is 23.8 Å². The summed E-state index contributed by atoms with van der Waals surface area (Å²) in [6.07, 6.45) is -6.91. The third kappa shape index (κ3) is 4.09. The van der Waals surface area contributed by atoms with Gasteiger partial charge in [0, 0.05) is 30.3 Å². The molecule has 3 N–H and O–H groups in total. The SMILES string of the molecule is [2H]C1([2H])CC(Nc2ncc3nc(Nc4c(F)cc(F)cc4F)n(C4CCOC4)c3n2)CC([2H])([2H])C1([2H])O. The third-order valence-electron chi connectivity index (χ3n) is 5.31. The van der Waals surface area contributed by atoms with Crippen molar-refractivity contribution in [1.82, 2.24) is 19.5 Å². The van der Waals surface area contributed by atoms with E-state index in [1.807, 2.05) is 0 Å². The minimum absolute atomic E-state index is 0.00489. The Kier molecular flexibility index (Phi) is 4.22. The van der Waals surface area contributed by atoms with Crippen LogP contribution in [0.2, 0.25) is 0 Å². The summed E-state index contributed by atoms with van der Waals surface area (Å²) >= 11 is 0. The lowest BCUT2D eigenvalue weighted by atomic mass is 9.93. The highest BCUT2D eigenvalue weighted by molar-refractivity contribution is 5.76. The summed E-state index contributed by atoms with van der Waals surface area (Å²) in [4.78, 5) is 13.0. The molecule has 1 saturated heterocycles. The minimum atomic E-state index is -2.93. The van der Waals surface area contributed by atoms with Crippen molar-refractivity contribution in [3.05, 3.63) is 35.8 Å². The summed E-state index contributed by atoms with van der Waals surface area (Å²) in [6, 6.07) is -0.0753. The number of fused-ring (bicyclic) bond motifs is 1. The van der Waals surface area contributed by atoms with Crippen LogP contribution in [0.1, 0.15) is 44.9 Å². The van der Waals surface area contributed by atoms with E-state index in [9.17, 15) is 18.3 Å². The second-order valence-electron chi connectivity index (χ2n) is 7.55. The van der Waals surface area contributed by atoms with Crippen molar-refractivity contribution >= 4 is 28.7 Å². The van der Waals surface area contributed by atoms with Gasteiger partial charge in [-0.05, 0) is 32.0 Å². The number of benzene rings is 1. The Morgan fingerprint density at radius 3 is 2.59 bits per heavy atom. The van der Waals surface area contributed by atoms with Gasteiger partial charge in [-0.1, -0.05) is 0 Å². The molecule has 2 fully saturated rings. The quantitative estimate of drug-likeness (QED) is 0.542. The first kappa shape index (κ1) is 15.8. The highest BCUT2D eigenvalue weighted by Gasteiger charge is 2.27. The van der Waals surface area contributed by atoms with E-state index in [4.69, 9.17) is 11.6 Å². The standard InChI is InChI=1S/C21H23F3N6O2/c22-11-7-15(23)18(16(24)8-11)28-21-27-17-9-25-20(26-12-1-3-14(31)4-2-12)29-19(17)30(21)13-5-6-32-10-13/h7-9,12-14,31H,1-6,10H2,(H,27,28)(H,25,26,29)/i3D2,4D2,14D. The van der Waals surface area contributed by atoms with E-state index >= 15 is 0 Å². The average Bonchev–Trinajstić information content (AvgIpc) is 3.41. The van der Waals surface area contributed by atoms with E-state index in [0.29, 0.717) is 25.2 Å². The number of hydrogen-bond donors (Lipinski definition) is 3. The molecule has 5 rings (SSSR count). The Bertz CT molecular complexity index is 1310. The highest BCUT2D eigenvalue weighted by atomic mass is 19.1. The first-order chi connectivity index (χ1) is 17.3. The first-order valence-electron chi connectivity index (χ1n) is 12.5. The van der Waals surface area contributed by atoms with Gasteiger partial charge in [-0.15, -0.1) is 0 Å². The molecule has 2 aromatic heterocycles. The van der Waals surface area contributed by atoms with Crippen LogP contribution in [-0.2, 0) is 4.74 Å². The molecule has 1 saturated carbocycles. The van der Waals surface area contributed by atoms with Gasteiger partial charge in [0.05, 0.1) is 26.3 Å². The molecule has 8 nitrogen and oxygen atoms in total. The fourth-order valence-corrected chi connectivity index (χ4v) is 3.75. The van der Waals surface area contributed by atoms with E-state index < -0.39 is 48.0 Å². The number of aliphatic hydroxyl groups is 1. The predicted octanol–water partition coefficient (Wildman–Crippen LogP) is 3.66. The van der Waals surface area contributed by atoms with Crippen molar-refractivity contribution in [2.45, 2.75) is 50.2 Å². The molecule has 1 aliphatic carbocycles. The van der Waals surface area contributed by atoms with E-state index in [-0.39, 0.29) is 48.6 Å². The van der Waals surface area contributed by atoms with Crippen LogP contribution in [0.4, 0.5) is 30.8 Å². The first-order valence-corrected chi connectivity index (χ1v) is 10.0. The van der Waals surface area contributed by atoms with Crippen LogP contribution < -0.4 is 10.6 Å². The van der Waals surface area contributed by atoms with Gasteiger partial charge in [-0.2, -0.15) is 4.98 Å². The monoisotopic (exact) mass is 453 g/mol. The van der Waals surface area contributed by atoms with Crippen LogP contribution in [0.25, 0.3) is 11.2 Å². The zero-order valence-electron chi connectivity index (χ0n) is 21.7. The van der Waals surface area contributed by atoms with Crippen molar-refractivity contribution in [2.24, 2.45) is 0 Å². The molecule has 32 heavy (non-hydrogen) atoms. The van der Waals surface area contributed by atoms with E-state index in [1.54, 1.807) is 4.57 Å². The molecule has 1 aliphatic heterocycles. The smallest absolute Gasteiger partial charge is 0.224 e. The molecule has 1 atom stereocenters. The van der Waals surface area contributed by atoms with Crippen molar-refractivity contribution < 1.29 is 29.9 Å². The molecule has 3 heterocycles. The average molecular weight is 453 g/mol. The molecule has 3 aromatic rings. The van der Waals surface area contributed by atoms with Gasteiger partial charge in [0.2, 0.25) is 11.9 Å². The number of hydrogen-bond acceptors (Lipinski definition) is 7. The topological polar surface area (TPSA) is 97.1 Å². The normalized spacial score (nSPS) is 31.3. The maximum Gasteiger partial charge on any atom is 0.224 e. The Labute approximate surface area is 188 Å². The Morgan fingerprint density at radius 1 is 1.16 bits per heavy atom. The van der Waals surface area contributed by atoms with E-state index in [1.165, 1.54) is 6.20 Å². The molecule has 1 aromatic carbocycles. The Morgan fingerprint density at radius 2 is 1.91 bits per heavy atom. The van der Waals surface area contributed by atoms with Gasteiger partial charge in [-0.25, -0.2) is 23.1 Å². The number of ether oxygens (including phenoxy) is 1. The number of aromatic nitrogens is 4. The summed E-state index contributed by atoms with van der Waals surface area (Å²) in [7, 11) is 0. The van der Waals surface area contributed by atoms with E-state index in [0.717, 1.165) is 0 Å². The predicted molar refractivity (Wildman–Crippen MR) is 111 cm³/mol. The van der Waals surface area contributed by atoms with Gasteiger partial charge < -0.3 is 20.5 Å². The van der Waals surface area contributed by atoms with Crippen LogP contribution in [0.15, 0.2) is 18.3 Å². The Balaban J connectivity index is 1.50. The molecule has 0 spiro atoms. The molecule has 2 aliphatic rings. The number of anilines is 3. The van der Waals surface area contributed by atoms with Gasteiger partial charge in [0.1, 0.15) is 17.0 Å². The van der Waals surface area contributed by atoms with E-state index in [2.05, 4.69) is 25.6 Å². The summed E-state index contributed by atoms with van der Waals surface area (Å²) in [5, 5.41) is 15.6. The molecule has 11 heteroatoms. The zero-order chi connectivity index (χ0) is 26.8. The number of halogens is 3. The molecule has 0 bridgehead atoms. The highest BCUT2D eigenvalue weighted by Crippen LogP contribution is 2.32. The molecule has 0 amide bonds. The Hall–Kier alpha value is -2.92. The van der Waals surface area contributed by atoms with Crippen LogP contribution in [-0.4, -0.2) is 50.0 Å². The molecule has 170 valence electrons. The van der Waals surface area contributed by atoms with Gasteiger partial charge in [0.25, 0.3) is 0 Å². The molecule has 1 unspecified atom stereocenters. The molecule has 0 radical (unpaired) electrons. The van der Waals surface area contributed by atoms with Crippen molar-refractivity contribution in [3.8, 4) is 0 Å². The largest absolute Gasteiger partial charge is 0.393 e. The molecular weight excluding hydrogens is 425 g/mol. The number of imidazole rings is 1. The van der Waals surface area contributed by atoms with Gasteiger partial charge in [0.15, 0.2) is 17.3 Å². The van der Waals surface area contributed by atoms with Gasteiger partial charge >= 0.3 is 0 Å². The second kappa shape index (κ2) is 8.55. The fourth-order valence-electron chi connectivity index (χ4n) is 3.75. The zero-order valence-corrected chi connectivity index (χ0v) is 16.7. The summed E-state index contributed by atoms with van der Waals surface area (Å²) in [5.74, 6) is -3.35. The lowest BCUT2D eigenvalue weighted by Crippen LogP contribution is -2.29. The second-order valence-corrected chi connectivity index (χ2v) is 7.55. The van der Waals surface area contributed by atoms with Crippen molar-refractivity contribution in [3.63, 3.8) is 0 Å². The summed E-state index contributed by atoms with van der Waals surface area (Å²) in [5.41, 5.74) is -0.0762. The van der Waals surface area contributed by atoms with Crippen LogP contribution in [0.5, 0.6) is 0 Å². The fraction of sp³-hybridized carbons (Fsp3) is 0.476. The van der Waals surface area contributed by atoms with Crippen LogP contribution >= 0.6 is 0 Å². The lowest BCUT2D eigenvalue weighted by Gasteiger charge is -2.26. The van der Waals surface area contributed by atoms with Gasteiger partial charge in [-0.3, -0.25) is 4.57 Å². The lowest BCUT2D eigenvalue weighted by molar-refractivity contribution is 0.126. The molecular formula is C21H23F3N6O2.